The minimum Gasteiger partial charge on any atom is -0.491 e. The van der Waals surface area contributed by atoms with E-state index in [4.69, 9.17) is 36.1 Å². The van der Waals surface area contributed by atoms with Gasteiger partial charge in [-0.3, -0.25) is 0 Å². The highest BCUT2D eigenvalue weighted by molar-refractivity contribution is 6.31. The Bertz CT molecular complexity index is 727. The summed E-state index contributed by atoms with van der Waals surface area (Å²) >= 11 is 6.24. The van der Waals surface area contributed by atoms with E-state index in [0.29, 0.717) is 31.0 Å². The van der Waals surface area contributed by atoms with E-state index in [1.54, 1.807) is 0 Å². The molecule has 1 fully saturated rings. The third kappa shape index (κ3) is 9.05. The minimum absolute atomic E-state index is 0.296. The van der Waals surface area contributed by atoms with Crippen LogP contribution >= 0.6 is 11.6 Å². The molecule has 1 aromatic carbocycles. The summed E-state index contributed by atoms with van der Waals surface area (Å²) in [6.07, 6.45) is 3.28. The van der Waals surface area contributed by atoms with Gasteiger partial charge in [0.15, 0.2) is 0 Å². The molecule has 7 nitrogen and oxygen atoms in total. The van der Waals surface area contributed by atoms with Crippen LogP contribution in [0, 0.1) is 18.8 Å². The molecule has 0 amide bonds. The van der Waals surface area contributed by atoms with E-state index in [1.807, 2.05) is 19.1 Å². The van der Waals surface area contributed by atoms with Crippen molar-refractivity contribution in [2.75, 3.05) is 13.2 Å². The maximum atomic E-state index is 10.3. The fourth-order valence-electron chi connectivity index (χ4n) is 3.65. The molecule has 0 saturated heterocycles. The summed E-state index contributed by atoms with van der Waals surface area (Å²) in [5, 5.41) is 29.4. The monoisotopic (exact) mass is 457 g/mol. The Morgan fingerprint density at radius 2 is 1.81 bits per heavy atom. The van der Waals surface area contributed by atoms with Crippen molar-refractivity contribution in [2.45, 2.75) is 71.9 Å². The summed E-state index contributed by atoms with van der Waals surface area (Å²) in [5.41, 5.74) is 2.09. The molecule has 4 N–H and O–H groups in total. The van der Waals surface area contributed by atoms with Crippen LogP contribution in [-0.2, 0) is 9.59 Å². The Hall–Kier alpha value is -1.83. The normalized spacial score (nSPS) is 21.7. The van der Waals surface area contributed by atoms with Gasteiger partial charge in [0, 0.05) is 17.6 Å². The molecule has 0 heterocycles. The summed E-state index contributed by atoms with van der Waals surface area (Å²) in [5.74, 6) is -1.08. The Morgan fingerprint density at radius 1 is 1.19 bits per heavy atom. The lowest BCUT2D eigenvalue weighted by Gasteiger charge is -2.35. The van der Waals surface area contributed by atoms with Crippen molar-refractivity contribution >= 4 is 23.5 Å². The molecule has 1 saturated carbocycles. The largest absolute Gasteiger partial charge is 0.491 e. The molecule has 0 radical (unpaired) electrons. The molecule has 4 atom stereocenters. The molecule has 1 aromatic rings. The zero-order chi connectivity index (χ0) is 23.7. The number of carbonyl (C=O) groups is 2. The highest BCUT2D eigenvalue weighted by atomic mass is 35.5. The quantitative estimate of drug-likeness (QED) is 0.456. The van der Waals surface area contributed by atoms with E-state index in [-0.39, 0.29) is 0 Å². The van der Waals surface area contributed by atoms with Crippen LogP contribution in [-0.4, -0.2) is 52.6 Å². The maximum absolute atomic E-state index is 10.3. The van der Waals surface area contributed by atoms with Crippen LogP contribution in [0.2, 0.25) is 5.02 Å². The molecule has 8 heteroatoms. The molecular formula is C23H36ClNO6. The van der Waals surface area contributed by atoms with Crippen molar-refractivity contribution in [1.29, 1.82) is 0 Å². The zero-order valence-electron chi connectivity index (χ0n) is 19.0. The van der Waals surface area contributed by atoms with Crippen LogP contribution in [0.25, 0.3) is 0 Å². The predicted octanol–water partition coefficient (Wildman–Crippen LogP) is 4.08. The van der Waals surface area contributed by atoms with Crippen molar-refractivity contribution in [3.05, 3.63) is 28.3 Å². The van der Waals surface area contributed by atoms with Gasteiger partial charge in [0.2, 0.25) is 0 Å². The van der Waals surface area contributed by atoms with E-state index in [2.05, 4.69) is 33.0 Å². The molecular weight excluding hydrogens is 422 g/mol. The number of carboxylic acid groups (broad SMARTS) is 2. The SMILES string of the molecule is Cc1cc(OCC(O)CNC2CCCC(C)C2C)c(C(C)C)cc1Cl.O=C(O)C(=O)O. The molecule has 1 aliphatic rings. The van der Waals surface area contributed by atoms with Crippen molar-refractivity contribution in [3.63, 3.8) is 0 Å². The lowest BCUT2D eigenvalue weighted by atomic mass is 9.78. The smallest absolute Gasteiger partial charge is 0.414 e. The van der Waals surface area contributed by atoms with Gasteiger partial charge in [0.05, 0.1) is 0 Å². The van der Waals surface area contributed by atoms with Gasteiger partial charge in [-0.2, -0.15) is 0 Å². The molecule has 31 heavy (non-hydrogen) atoms. The average Bonchev–Trinajstić information content (AvgIpc) is 2.69. The van der Waals surface area contributed by atoms with E-state index >= 15 is 0 Å². The number of nitrogens with one attached hydrogen (secondary N) is 1. The second-order valence-electron chi connectivity index (χ2n) is 8.65. The number of halogens is 1. The van der Waals surface area contributed by atoms with Crippen LogP contribution < -0.4 is 10.1 Å². The van der Waals surface area contributed by atoms with Gasteiger partial charge in [0.1, 0.15) is 18.5 Å². The number of carboxylic acids is 2. The predicted molar refractivity (Wildman–Crippen MR) is 121 cm³/mol. The van der Waals surface area contributed by atoms with Gasteiger partial charge < -0.3 is 25.4 Å². The third-order valence-corrected chi connectivity index (χ3v) is 6.26. The summed E-state index contributed by atoms with van der Waals surface area (Å²) in [7, 11) is 0. The van der Waals surface area contributed by atoms with Gasteiger partial charge in [0.25, 0.3) is 0 Å². The Labute approximate surface area is 189 Å². The summed E-state index contributed by atoms with van der Waals surface area (Å²) in [6.45, 7) is 11.7. The Kier molecular flexibility index (Phi) is 11.3. The van der Waals surface area contributed by atoms with Crippen LogP contribution in [0.15, 0.2) is 12.1 Å². The molecule has 0 spiro atoms. The second-order valence-corrected chi connectivity index (χ2v) is 9.06. The van der Waals surface area contributed by atoms with E-state index in [0.717, 1.165) is 27.8 Å². The number of benzene rings is 1. The summed E-state index contributed by atoms with van der Waals surface area (Å²) < 4.78 is 5.94. The number of hydrogen-bond acceptors (Lipinski definition) is 5. The van der Waals surface area contributed by atoms with Gasteiger partial charge in [-0.15, -0.1) is 0 Å². The lowest BCUT2D eigenvalue weighted by Crippen LogP contribution is -2.44. The van der Waals surface area contributed by atoms with Crippen LogP contribution in [0.5, 0.6) is 5.75 Å². The van der Waals surface area contributed by atoms with Gasteiger partial charge in [-0.05, 0) is 54.4 Å². The highest BCUT2D eigenvalue weighted by Gasteiger charge is 2.27. The number of ether oxygens (including phenoxy) is 1. The average molecular weight is 458 g/mol. The first-order chi connectivity index (χ1) is 14.4. The van der Waals surface area contributed by atoms with Gasteiger partial charge in [-0.25, -0.2) is 9.59 Å². The number of aliphatic carboxylic acids is 2. The summed E-state index contributed by atoms with van der Waals surface area (Å²) in [6, 6.07) is 4.46. The molecule has 176 valence electrons. The standard InChI is InChI=1S/C21H34ClNO2.C2H2O4/c1-13(2)18-10-19(22)15(4)9-21(18)25-12-17(24)11-23-20-8-6-7-14(3)16(20)5;3-1(4)2(5)6/h9-10,13-14,16-17,20,23-24H,6-8,11-12H2,1-5H3;(H,3,4)(H,5,6). The summed E-state index contributed by atoms with van der Waals surface area (Å²) in [4.78, 5) is 18.2. The van der Waals surface area contributed by atoms with Crippen molar-refractivity contribution in [1.82, 2.24) is 5.32 Å². The van der Waals surface area contributed by atoms with Crippen LogP contribution in [0.3, 0.4) is 0 Å². The van der Waals surface area contributed by atoms with E-state index in [9.17, 15) is 5.11 Å². The fourth-order valence-corrected chi connectivity index (χ4v) is 3.82. The van der Waals surface area contributed by atoms with Gasteiger partial charge in [-0.1, -0.05) is 52.1 Å². The second kappa shape index (κ2) is 12.9. The zero-order valence-corrected chi connectivity index (χ0v) is 19.8. The topological polar surface area (TPSA) is 116 Å². The highest BCUT2D eigenvalue weighted by Crippen LogP contribution is 2.32. The first kappa shape index (κ1) is 27.2. The number of aliphatic hydroxyl groups excluding tert-OH is 1. The van der Waals surface area contributed by atoms with E-state index < -0.39 is 18.0 Å². The lowest BCUT2D eigenvalue weighted by molar-refractivity contribution is -0.159. The number of aliphatic hydroxyl groups is 1. The molecule has 0 aromatic heterocycles. The maximum Gasteiger partial charge on any atom is 0.414 e. The minimum atomic E-state index is -1.82. The van der Waals surface area contributed by atoms with E-state index in [1.165, 1.54) is 19.3 Å². The molecule has 4 unspecified atom stereocenters. The number of rotatable bonds is 7. The Balaban J connectivity index is 0.000000703. The first-order valence-electron chi connectivity index (χ1n) is 10.7. The van der Waals surface area contributed by atoms with Crippen molar-refractivity contribution < 1.29 is 29.6 Å². The number of hydrogen-bond donors (Lipinski definition) is 4. The third-order valence-electron chi connectivity index (χ3n) is 5.85. The number of aryl methyl sites for hydroxylation is 1. The van der Waals surface area contributed by atoms with Crippen molar-refractivity contribution in [2.24, 2.45) is 11.8 Å². The fraction of sp³-hybridized carbons (Fsp3) is 0.652. The molecule has 1 aliphatic carbocycles. The molecule has 0 bridgehead atoms. The van der Waals surface area contributed by atoms with Crippen molar-refractivity contribution in [3.8, 4) is 5.75 Å². The van der Waals surface area contributed by atoms with Gasteiger partial charge >= 0.3 is 11.9 Å². The molecule has 0 aliphatic heterocycles. The molecule has 2 rings (SSSR count). The first-order valence-corrected chi connectivity index (χ1v) is 11.1. The van der Waals surface area contributed by atoms with Crippen LogP contribution in [0.1, 0.15) is 64.0 Å². The van der Waals surface area contributed by atoms with Crippen LogP contribution in [0.4, 0.5) is 0 Å². The Morgan fingerprint density at radius 3 is 2.35 bits per heavy atom.